The summed E-state index contributed by atoms with van der Waals surface area (Å²) in [5, 5.41) is 3.36. The van der Waals surface area contributed by atoms with Crippen molar-refractivity contribution in [2.75, 3.05) is 24.5 Å². The van der Waals surface area contributed by atoms with E-state index in [1.807, 2.05) is 30.0 Å². The van der Waals surface area contributed by atoms with Crippen molar-refractivity contribution in [2.24, 2.45) is 5.92 Å². The van der Waals surface area contributed by atoms with Gasteiger partial charge in [-0.15, -0.1) is 12.4 Å². The summed E-state index contributed by atoms with van der Waals surface area (Å²) in [5.74, 6) is 0.215. The van der Waals surface area contributed by atoms with Gasteiger partial charge in [0.25, 0.3) is 0 Å². The molecule has 1 fully saturated rings. The lowest BCUT2D eigenvalue weighted by Crippen LogP contribution is -2.43. The number of para-hydroxylation sites is 1. The van der Waals surface area contributed by atoms with Gasteiger partial charge < -0.3 is 10.2 Å². The average Bonchev–Trinajstić information content (AvgIpc) is 2.74. The quantitative estimate of drug-likeness (QED) is 0.712. The summed E-state index contributed by atoms with van der Waals surface area (Å²) in [4.78, 5) is 14.7. The van der Waals surface area contributed by atoms with E-state index in [9.17, 15) is 4.79 Å². The Kier molecular flexibility index (Phi) is 4.99. The van der Waals surface area contributed by atoms with E-state index in [4.69, 9.17) is 0 Å². The van der Waals surface area contributed by atoms with Crippen LogP contribution in [0.25, 0.3) is 0 Å². The van der Waals surface area contributed by atoms with Crippen LogP contribution >= 0.6 is 12.4 Å². The summed E-state index contributed by atoms with van der Waals surface area (Å²) in [6.07, 6.45) is 0. The molecule has 1 amide bonds. The third-order valence-electron chi connectivity index (χ3n) is 3.95. The first-order valence-electron chi connectivity index (χ1n) is 6.86. The molecule has 0 aromatic heterocycles. The number of hydrazine groups is 1. The van der Waals surface area contributed by atoms with Gasteiger partial charge in [-0.25, -0.2) is 0 Å². The smallest absolute Gasteiger partial charge is 0.233 e. The summed E-state index contributed by atoms with van der Waals surface area (Å²) in [5.41, 5.74) is 8.43. The lowest BCUT2D eigenvalue weighted by Gasteiger charge is -2.26. The Bertz CT molecular complexity index is 482. The van der Waals surface area contributed by atoms with Gasteiger partial charge in [0.1, 0.15) is 0 Å². The minimum atomic E-state index is 0. The molecule has 2 atom stereocenters. The van der Waals surface area contributed by atoms with Crippen molar-refractivity contribution < 1.29 is 4.79 Å². The maximum Gasteiger partial charge on any atom is 0.233 e. The SMILES string of the molecule is CC1NNCC1C(=O)N1CCNCc2ccccc21.Cl. The molecular weight excluding hydrogens is 276 g/mol. The Morgan fingerprint density at radius 3 is 2.90 bits per heavy atom. The van der Waals surface area contributed by atoms with Crippen LogP contribution in [0.2, 0.25) is 0 Å². The molecule has 0 bridgehead atoms. The minimum Gasteiger partial charge on any atom is -0.311 e. The molecule has 20 heavy (non-hydrogen) atoms. The number of rotatable bonds is 1. The van der Waals surface area contributed by atoms with Crippen LogP contribution in [0, 0.1) is 5.92 Å². The predicted octanol–water partition coefficient (Wildman–Crippen LogP) is 0.657. The van der Waals surface area contributed by atoms with Crippen LogP contribution in [0.5, 0.6) is 0 Å². The molecule has 0 radical (unpaired) electrons. The third-order valence-corrected chi connectivity index (χ3v) is 3.95. The molecule has 1 aromatic rings. The fourth-order valence-electron chi connectivity index (χ4n) is 2.80. The van der Waals surface area contributed by atoms with Crippen LogP contribution in [-0.2, 0) is 11.3 Å². The summed E-state index contributed by atoms with van der Waals surface area (Å²) in [6.45, 7) is 5.15. The van der Waals surface area contributed by atoms with Crippen molar-refractivity contribution in [3.05, 3.63) is 29.8 Å². The van der Waals surface area contributed by atoms with Gasteiger partial charge in [0.15, 0.2) is 0 Å². The molecular formula is C14H21ClN4O. The Balaban J connectivity index is 0.00000147. The maximum atomic E-state index is 12.7. The van der Waals surface area contributed by atoms with Gasteiger partial charge in [0.05, 0.1) is 5.92 Å². The summed E-state index contributed by atoms with van der Waals surface area (Å²) in [7, 11) is 0. The molecule has 110 valence electrons. The van der Waals surface area contributed by atoms with E-state index in [-0.39, 0.29) is 30.3 Å². The maximum absolute atomic E-state index is 12.7. The number of carbonyl (C=O) groups excluding carboxylic acids is 1. The van der Waals surface area contributed by atoms with E-state index >= 15 is 0 Å². The second-order valence-electron chi connectivity index (χ2n) is 5.22. The van der Waals surface area contributed by atoms with Crippen molar-refractivity contribution >= 4 is 24.0 Å². The first-order chi connectivity index (χ1) is 9.27. The van der Waals surface area contributed by atoms with E-state index in [0.717, 1.165) is 25.3 Å². The number of benzene rings is 1. The van der Waals surface area contributed by atoms with Gasteiger partial charge in [-0.1, -0.05) is 18.2 Å². The third kappa shape index (κ3) is 2.81. The Hall–Kier alpha value is -1.14. The Morgan fingerprint density at radius 1 is 1.35 bits per heavy atom. The zero-order valence-electron chi connectivity index (χ0n) is 11.6. The highest BCUT2D eigenvalue weighted by Gasteiger charge is 2.34. The van der Waals surface area contributed by atoms with Gasteiger partial charge >= 0.3 is 0 Å². The molecule has 1 saturated heterocycles. The second kappa shape index (κ2) is 6.54. The predicted molar refractivity (Wildman–Crippen MR) is 81.8 cm³/mol. The fourth-order valence-corrected chi connectivity index (χ4v) is 2.80. The van der Waals surface area contributed by atoms with E-state index in [1.165, 1.54) is 5.56 Å². The molecule has 2 heterocycles. The standard InChI is InChI=1S/C14H20N4O.ClH/c1-10-12(9-16-17-10)14(19)18-7-6-15-8-11-4-2-3-5-13(11)18;/h2-5,10,12,15-17H,6-9H2,1H3;1H. The molecule has 3 rings (SSSR count). The number of amides is 1. The monoisotopic (exact) mass is 296 g/mol. The van der Waals surface area contributed by atoms with Gasteiger partial charge in [0.2, 0.25) is 5.91 Å². The molecule has 6 heteroatoms. The first kappa shape index (κ1) is 15.3. The van der Waals surface area contributed by atoms with Crippen LogP contribution < -0.4 is 21.1 Å². The number of carbonyl (C=O) groups is 1. The summed E-state index contributed by atoms with van der Waals surface area (Å²) < 4.78 is 0. The van der Waals surface area contributed by atoms with Gasteiger partial charge in [-0.3, -0.25) is 15.6 Å². The average molecular weight is 297 g/mol. The molecule has 2 unspecified atom stereocenters. The van der Waals surface area contributed by atoms with Gasteiger partial charge in [-0.05, 0) is 18.6 Å². The van der Waals surface area contributed by atoms with Crippen LogP contribution in [0.1, 0.15) is 12.5 Å². The van der Waals surface area contributed by atoms with Gasteiger partial charge in [-0.2, -0.15) is 0 Å². The number of fused-ring (bicyclic) bond motifs is 1. The number of anilines is 1. The summed E-state index contributed by atoms with van der Waals surface area (Å²) in [6, 6.07) is 8.33. The zero-order valence-corrected chi connectivity index (χ0v) is 12.4. The van der Waals surface area contributed by atoms with Crippen molar-refractivity contribution in [3.63, 3.8) is 0 Å². The molecule has 0 spiro atoms. The number of hydrogen-bond acceptors (Lipinski definition) is 4. The normalized spacial score (nSPS) is 25.6. The van der Waals surface area contributed by atoms with Crippen LogP contribution in [0.3, 0.4) is 0 Å². The molecule has 0 aliphatic carbocycles. The first-order valence-corrected chi connectivity index (χ1v) is 6.86. The van der Waals surface area contributed by atoms with E-state index in [0.29, 0.717) is 6.54 Å². The van der Waals surface area contributed by atoms with Crippen molar-refractivity contribution in [1.82, 2.24) is 16.2 Å². The number of nitrogens with one attached hydrogen (secondary N) is 3. The van der Waals surface area contributed by atoms with Crippen LogP contribution in [0.15, 0.2) is 24.3 Å². The number of halogens is 1. The molecule has 5 nitrogen and oxygen atoms in total. The van der Waals surface area contributed by atoms with E-state index in [1.54, 1.807) is 0 Å². The summed E-state index contributed by atoms with van der Waals surface area (Å²) >= 11 is 0. The lowest BCUT2D eigenvalue weighted by molar-refractivity contribution is -0.122. The Labute approximate surface area is 125 Å². The van der Waals surface area contributed by atoms with E-state index in [2.05, 4.69) is 22.2 Å². The molecule has 2 aliphatic heterocycles. The fraction of sp³-hybridized carbons (Fsp3) is 0.500. The van der Waals surface area contributed by atoms with Crippen LogP contribution in [-0.4, -0.2) is 31.6 Å². The largest absolute Gasteiger partial charge is 0.311 e. The number of nitrogens with zero attached hydrogens (tertiary/aromatic N) is 1. The van der Waals surface area contributed by atoms with Gasteiger partial charge in [0, 0.05) is 37.9 Å². The van der Waals surface area contributed by atoms with Crippen LogP contribution in [0.4, 0.5) is 5.69 Å². The molecule has 1 aromatic carbocycles. The highest BCUT2D eigenvalue weighted by molar-refractivity contribution is 5.96. The number of hydrogen-bond donors (Lipinski definition) is 3. The van der Waals surface area contributed by atoms with Crippen molar-refractivity contribution in [1.29, 1.82) is 0 Å². The molecule has 0 saturated carbocycles. The zero-order chi connectivity index (χ0) is 13.2. The molecule has 2 aliphatic rings. The topological polar surface area (TPSA) is 56.4 Å². The van der Waals surface area contributed by atoms with Crippen molar-refractivity contribution in [2.45, 2.75) is 19.5 Å². The second-order valence-corrected chi connectivity index (χ2v) is 5.22. The highest BCUT2D eigenvalue weighted by atomic mass is 35.5. The molecule has 3 N–H and O–H groups in total. The van der Waals surface area contributed by atoms with E-state index < -0.39 is 0 Å². The minimum absolute atomic E-state index is 0. The Morgan fingerprint density at radius 2 is 2.15 bits per heavy atom. The lowest BCUT2D eigenvalue weighted by atomic mass is 10.0. The van der Waals surface area contributed by atoms with Crippen molar-refractivity contribution in [3.8, 4) is 0 Å². The highest BCUT2D eigenvalue weighted by Crippen LogP contribution is 2.25.